The van der Waals surface area contributed by atoms with Gasteiger partial charge in [0.1, 0.15) is 12.4 Å². The largest absolute Gasteiger partial charge is 0.488 e. The van der Waals surface area contributed by atoms with E-state index in [-0.39, 0.29) is 17.1 Å². The number of hydrogen-bond donors (Lipinski definition) is 0. The predicted molar refractivity (Wildman–Crippen MR) is 139 cm³/mol. The molecule has 0 atom stereocenters. The summed E-state index contributed by atoms with van der Waals surface area (Å²) in [6.45, 7) is 0.309. The molecule has 0 radical (unpaired) electrons. The summed E-state index contributed by atoms with van der Waals surface area (Å²) in [6.07, 6.45) is 1.65. The first-order valence-electron chi connectivity index (χ1n) is 11.2. The van der Waals surface area contributed by atoms with Crippen molar-refractivity contribution in [3.63, 3.8) is 0 Å². The molecule has 8 heteroatoms. The summed E-state index contributed by atoms with van der Waals surface area (Å²) in [6, 6.07) is 27.4. The molecule has 0 saturated carbocycles. The van der Waals surface area contributed by atoms with Crippen molar-refractivity contribution in [1.29, 1.82) is 0 Å². The summed E-state index contributed by atoms with van der Waals surface area (Å²) in [4.78, 5) is 37.5. The second kappa shape index (κ2) is 10.1. The predicted octanol–water partition coefficient (Wildman–Crippen LogP) is 6.56. The molecule has 0 aliphatic carbocycles. The van der Waals surface area contributed by atoms with Crippen molar-refractivity contribution in [3.05, 3.63) is 123 Å². The van der Waals surface area contributed by atoms with Crippen molar-refractivity contribution < 1.29 is 19.2 Å². The molecule has 4 aromatic carbocycles. The summed E-state index contributed by atoms with van der Waals surface area (Å²) in [5.74, 6) is 0.149. The fraction of sp³-hybridized carbons (Fsp3) is 0.0714. The van der Waals surface area contributed by atoms with E-state index < -0.39 is 16.1 Å². The minimum atomic E-state index is -0.508. The number of nitro benzene ring substituents is 1. The van der Waals surface area contributed by atoms with E-state index in [0.717, 1.165) is 33.0 Å². The van der Waals surface area contributed by atoms with E-state index in [9.17, 15) is 19.7 Å². The van der Waals surface area contributed by atoms with Crippen LogP contribution < -0.4 is 4.74 Å². The van der Waals surface area contributed by atoms with Crippen molar-refractivity contribution in [1.82, 2.24) is 4.90 Å². The first-order chi connectivity index (χ1) is 17.5. The van der Waals surface area contributed by atoms with Crippen LogP contribution in [0.4, 0.5) is 10.5 Å². The number of thioether (sulfide) groups is 1. The molecule has 2 amide bonds. The molecule has 1 fully saturated rings. The van der Waals surface area contributed by atoms with Crippen LogP contribution in [0.5, 0.6) is 5.75 Å². The van der Waals surface area contributed by atoms with Gasteiger partial charge in [-0.1, -0.05) is 72.8 Å². The third kappa shape index (κ3) is 4.85. The lowest BCUT2D eigenvalue weighted by Crippen LogP contribution is -2.27. The second-order valence-corrected chi connectivity index (χ2v) is 9.15. The Morgan fingerprint density at radius 2 is 1.67 bits per heavy atom. The van der Waals surface area contributed by atoms with Gasteiger partial charge in [0.05, 0.1) is 16.4 Å². The molecule has 36 heavy (non-hydrogen) atoms. The number of nitro groups is 1. The summed E-state index contributed by atoms with van der Waals surface area (Å²) in [5, 5.41) is 12.9. The minimum Gasteiger partial charge on any atom is -0.488 e. The average Bonchev–Trinajstić information content (AvgIpc) is 3.15. The Bertz CT molecular complexity index is 1530. The molecule has 0 unspecified atom stereocenters. The van der Waals surface area contributed by atoms with Crippen molar-refractivity contribution in [2.75, 3.05) is 0 Å². The van der Waals surface area contributed by atoms with Gasteiger partial charge < -0.3 is 4.74 Å². The van der Waals surface area contributed by atoms with Crippen LogP contribution >= 0.6 is 11.8 Å². The van der Waals surface area contributed by atoms with E-state index in [2.05, 4.69) is 18.2 Å². The number of carbonyl (C=O) groups is 2. The molecule has 178 valence electrons. The Morgan fingerprint density at radius 3 is 2.53 bits per heavy atom. The average molecular weight is 497 g/mol. The van der Waals surface area contributed by atoms with E-state index in [0.29, 0.717) is 23.5 Å². The van der Waals surface area contributed by atoms with Crippen molar-refractivity contribution in [2.24, 2.45) is 0 Å². The highest BCUT2D eigenvalue weighted by atomic mass is 32.2. The van der Waals surface area contributed by atoms with E-state index in [4.69, 9.17) is 4.74 Å². The van der Waals surface area contributed by atoms with Crippen molar-refractivity contribution in [3.8, 4) is 5.75 Å². The van der Waals surface area contributed by atoms with Gasteiger partial charge in [0.15, 0.2) is 0 Å². The van der Waals surface area contributed by atoms with Crippen LogP contribution in [0.25, 0.3) is 16.8 Å². The Hall–Kier alpha value is -4.43. The van der Waals surface area contributed by atoms with E-state index in [1.54, 1.807) is 12.1 Å². The summed E-state index contributed by atoms with van der Waals surface area (Å²) >= 11 is 0.841. The van der Waals surface area contributed by atoms with E-state index in [1.165, 1.54) is 18.2 Å². The Balaban J connectivity index is 1.35. The number of fused-ring (bicyclic) bond motifs is 1. The first kappa shape index (κ1) is 23.3. The molecule has 0 N–H and O–H groups in total. The Morgan fingerprint density at radius 1 is 0.917 bits per heavy atom. The number of ether oxygens (including phenoxy) is 1. The van der Waals surface area contributed by atoms with Crippen LogP contribution in [-0.4, -0.2) is 21.0 Å². The van der Waals surface area contributed by atoms with Gasteiger partial charge in [-0.25, -0.2) is 0 Å². The number of carbonyl (C=O) groups excluding carboxylic acids is 2. The molecule has 0 bridgehead atoms. The molecule has 0 aromatic heterocycles. The summed E-state index contributed by atoms with van der Waals surface area (Å²) < 4.78 is 6.13. The molecule has 7 nitrogen and oxygen atoms in total. The zero-order chi connectivity index (χ0) is 25.1. The molecular formula is C28H20N2O5S. The van der Waals surface area contributed by atoms with Crippen molar-refractivity contribution >= 4 is 45.4 Å². The number of nitrogens with zero attached hydrogens (tertiary/aromatic N) is 2. The lowest BCUT2D eigenvalue weighted by Gasteiger charge is -2.13. The Labute approximate surface area is 211 Å². The maximum absolute atomic E-state index is 13.0. The number of rotatable bonds is 7. The lowest BCUT2D eigenvalue weighted by atomic mass is 10.1. The quantitative estimate of drug-likeness (QED) is 0.163. The molecule has 1 heterocycles. The van der Waals surface area contributed by atoms with Crippen LogP contribution in [0.3, 0.4) is 0 Å². The molecule has 0 spiro atoms. The SMILES string of the molecule is O=C1S/C(=C/c2ccccc2OCc2cccc3ccccc23)C(=O)N1Cc1cccc([N+](=O)[O-])c1. The van der Waals surface area contributed by atoms with Gasteiger partial charge in [0, 0.05) is 17.7 Å². The molecule has 1 aliphatic heterocycles. The van der Waals surface area contributed by atoms with Gasteiger partial charge in [0.25, 0.3) is 16.8 Å². The summed E-state index contributed by atoms with van der Waals surface area (Å²) in [7, 11) is 0. The van der Waals surface area contributed by atoms with E-state index in [1.807, 2.05) is 48.5 Å². The van der Waals surface area contributed by atoms with Gasteiger partial charge >= 0.3 is 0 Å². The second-order valence-electron chi connectivity index (χ2n) is 8.16. The van der Waals surface area contributed by atoms with Gasteiger partial charge in [-0.15, -0.1) is 0 Å². The van der Waals surface area contributed by atoms with Gasteiger partial charge in [-0.3, -0.25) is 24.6 Å². The van der Waals surface area contributed by atoms with Crippen molar-refractivity contribution in [2.45, 2.75) is 13.2 Å². The molecule has 5 rings (SSSR count). The third-order valence-corrected chi connectivity index (χ3v) is 6.71. The zero-order valence-corrected chi connectivity index (χ0v) is 19.8. The molecule has 1 aliphatic rings. The standard InChI is InChI=1S/C28H20N2O5S/c31-27-26(36-28(32)29(27)17-19-7-5-12-23(15-19)30(33)34)16-21-9-2-4-14-25(21)35-18-22-11-6-10-20-8-1-3-13-24(20)22/h1-16H,17-18H2/b26-16+. The highest BCUT2D eigenvalue weighted by Gasteiger charge is 2.35. The monoisotopic (exact) mass is 496 g/mol. The van der Waals surface area contributed by atoms with Crippen LogP contribution in [0.15, 0.2) is 95.9 Å². The van der Waals surface area contributed by atoms with Crippen LogP contribution in [0.2, 0.25) is 0 Å². The maximum Gasteiger partial charge on any atom is 0.293 e. The first-order valence-corrected chi connectivity index (χ1v) is 12.0. The fourth-order valence-electron chi connectivity index (χ4n) is 4.03. The highest BCUT2D eigenvalue weighted by molar-refractivity contribution is 8.18. The topological polar surface area (TPSA) is 89.8 Å². The number of imide groups is 1. The fourth-order valence-corrected chi connectivity index (χ4v) is 4.86. The third-order valence-electron chi connectivity index (χ3n) is 5.80. The minimum absolute atomic E-state index is 0.0388. The van der Waals surface area contributed by atoms with Gasteiger partial charge in [0.2, 0.25) is 0 Å². The normalized spacial score (nSPS) is 14.6. The van der Waals surface area contributed by atoms with Gasteiger partial charge in [-0.05, 0) is 45.8 Å². The van der Waals surface area contributed by atoms with Crippen LogP contribution in [-0.2, 0) is 17.9 Å². The Kier molecular flexibility index (Phi) is 6.51. The highest BCUT2D eigenvalue weighted by Crippen LogP contribution is 2.35. The number of non-ortho nitro benzene ring substituents is 1. The molecular weight excluding hydrogens is 476 g/mol. The number of benzene rings is 4. The lowest BCUT2D eigenvalue weighted by molar-refractivity contribution is -0.384. The van der Waals surface area contributed by atoms with Crippen LogP contribution in [0.1, 0.15) is 16.7 Å². The summed E-state index contributed by atoms with van der Waals surface area (Å²) in [5.41, 5.74) is 2.14. The molecule has 1 saturated heterocycles. The van der Waals surface area contributed by atoms with Gasteiger partial charge in [-0.2, -0.15) is 0 Å². The molecule has 4 aromatic rings. The number of hydrogen-bond acceptors (Lipinski definition) is 6. The smallest absolute Gasteiger partial charge is 0.293 e. The number of amides is 2. The van der Waals surface area contributed by atoms with E-state index >= 15 is 0 Å². The zero-order valence-electron chi connectivity index (χ0n) is 19.0. The maximum atomic E-state index is 13.0. The van der Waals surface area contributed by atoms with Crippen LogP contribution in [0, 0.1) is 10.1 Å². The number of para-hydroxylation sites is 1.